The second-order valence-electron chi connectivity index (χ2n) is 5.92. The smallest absolute Gasteiger partial charge is 0.252 e. The van der Waals surface area contributed by atoms with Crippen molar-refractivity contribution < 1.29 is 9.53 Å². The molecule has 124 valence electrons. The van der Waals surface area contributed by atoms with Gasteiger partial charge in [-0.3, -0.25) is 9.48 Å². The molecule has 0 radical (unpaired) electrons. The Kier molecular flexibility index (Phi) is 4.20. The number of ether oxygens (including phenoxy) is 1. The van der Waals surface area contributed by atoms with E-state index >= 15 is 0 Å². The Morgan fingerprint density at radius 3 is 2.79 bits per heavy atom. The summed E-state index contributed by atoms with van der Waals surface area (Å²) >= 11 is 0. The monoisotopic (exact) mass is 324 g/mol. The van der Waals surface area contributed by atoms with E-state index in [0.29, 0.717) is 16.9 Å². The summed E-state index contributed by atoms with van der Waals surface area (Å²) < 4.78 is 6.95. The third kappa shape index (κ3) is 2.95. The Morgan fingerprint density at radius 2 is 2.08 bits per heavy atom. The van der Waals surface area contributed by atoms with Crippen LogP contribution in [-0.4, -0.2) is 33.8 Å². The number of hydrogen-bond acceptors (Lipinski definition) is 4. The predicted octanol–water partition coefficient (Wildman–Crippen LogP) is 2.78. The average molecular weight is 324 g/mol. The van der Waals surface area contributed by atoms with E-state index in [9.17, 15) is 4.79 Å². The number of carbonyl (C=O) groups is 1. The second-order valence-corrected chi connectivity index (χ2v) is 5.92. The molecule has 0 unspecified atom stereocenters. The van der Waals surface area contributed by atoms with Gasteiger partial charge in [-0.1, -0.05) is 12.1 Å². The van der Waals surface area contributed by atoms with Gasteiger partial charge < -0.3 is 10.1 Å². The summed E-state index contributed by atoms with van der Waals surface area (Å²) in [6.45, 7) is 3.87. The van der Waals surface area contributed by atoms with Gasteiger partial charge in [0.05, 0.1) is 30.0 Å². The first-order chi connectivity index (χ1) is 11.5. The topological polar surface area (TPSA) is 69.0 Å². The molecule has 0 aliphatic heterocycles. The Hall–Kier alpha value is -2.89. The molecule has 24 heavy (non-hydrogen) atoms. The molecular weight excluding hydrogens is 304 g/mol. The quantitative estimate of drug-likeness (QED) is 0.801. The van der Waals surface area contributed by atoms with Crippen LogP contribution in [0.1, 0.15) is 24.2 Å². The molecule has 0 fully saturated rings. The van der Waals surface area contributed by atoms with Crippen molar-refractivity contribution in [3.05, 3.63) is 42.1 Å². The van der Waals surface area contributed by atoms with Gasteiger partial charge >= 0.3 is 0 Å². The first-order valence-electron chi connectivity index (χ1n) is 7.77. The van der Waals surface area contributed by atoms with Crippen LogP contribution in [0.4, 0.5) is 0 Å². The molecule has 3 aromatic rings. The van der Waals surface area contributed by atoms with Gasteiger partial charge in [-0.15, -0.1) is 0 Å². The molecule has 1 aromatic carbocycles. The Labute approximate surface area is 140 Å². The molecule has 6 heteroatoms. The summed E-state index contributed by atoms with van der Waals surface area (Å²) in [5.74, 6) is 0.613. The fourth-order valence-electron chi connectivity index (χ4n) is 2.57. The van der Waals surface area contributed by atoms with Gasteiger partial charge in [-0.2, -0.15) is 5.10 Å². The first-order valence-corrected chi connectivity index (χ1v) is 7.77. The average Bonchev–Trinajstić information content (AvgIpc) is 2.94. The number of methoxy groups -OCH3 is 1. The van der Waals surface area contributed by atoms with E-state index in [4.69, 9.17) is 4.74 Å². The maximum Gasteiger partial charge on any atom is 0.252 e. The maximum absolute atomic E-state index is 12.6. The van der Waals surface area contributed by atoms with E-state index in [2.05, 4.69) is 15.4 Å². The zero-order valence-corrected chi connectivity index (χ0v) is 14.2. The normalized spacial score (nSPS) is 11.0. The Balaban J connectivity index is 2.18. The first kappa shape index (κ1) is 16.0. The minimum absolute atomic E-state index is 0.0534. The standard InChI is InChI=1S/C18H20N4O2/c1-11(2)20-18(23)14-9-16(12-6-5-7-13(8-12)24-4)21-17-15(14)10-19-22(17)3/h5-11H,1-4H3,(H,20,23). The van der Waals surface area contributed by atoms with Gasteiger partial charge in [0.2, 0.25) is 0 Å². The van der Waals surface area contributed by atoms with Crippen molar-refractivity contribution in [1.82, 2.24) is 20.1 Å². The second kappa shape index (κ2) is 6.31. The zero-order valence-electron chi connectivity index (χ0n) is 14.2. The number of amides is 1. The highest BCUT2D eigenvalue weighted by Crippen LogP contribution is 2.27. The summed E-state index contributed by atoms with van der Waals surface area (Å²) in [5.41, 5.74) is 2.83. The summed E-state index contributed by atoms with van der Waals surface area (Å²) in [4.78, 5) is 17.3. The summed E-state index contributed by atoms with van der Waals surface area (Å²) in [7, 11) is 3.44. The number of pyridine rings is 1. The molecule has 0 aliphatic carbocycles. The number of hydrogen-bond donors (Lipinski definition) is 1. The van der Waals surface area contributed by atoms with Crippen LogP contribution in [-0.2, 0) is 7.05 Å². The predicted molar refractivity (Wildman–Crippen MR) is 93.1 cm³/mol. The molecule has 3 rings (SSSR count). The van der Waals surface area contributed by atoms with Crippen LogP contribution >= 0.6 is 0 Å². The van der Waals surface area contributed by atoms with Crippen molar-refractivity contribution >= 4 is 16.9 Å². The lowest BCUT2D eigenvalue weighted by molar-refractivity contribution is 0.0945. The molecule has 2 aromatic heterocycles. The number of benzene rings is 1. The van der Waals surface area contributed by atoms with E-state index in [1.165, 1.54) is 0 Å². The van der Waals surface area contributed by atoms with Crippen LogP contribution in [0.5, 0.6) is 5.75 Å². The number of fused-ring (bicyclic) bond motifs is 1. The molecule has 6 nitrogen and oxygen atoms in total. The van der Waals surface area contributed by atoms with E-state index in [1.807, 2.05) is 45.2 Å². The SMILES string of the molecule is COc1cccc(-c2cc(C(=O)NC(C)C)c3cnn(C)c3n2)c1. The molecule has 0 saturated heterocycles. The number of aromatic nitrogens is 3. The van der Waals surface area contributed by atoms with Crippen molar-refractivity contribution in [1.29, 1.82) is 0 Å². The van der Waals surface area contributed by atoms with E-state index < -0.39 is 0 Å². The van der Waals surface area contributed by atoms with Gasteiger partial charge in [0.25, 0.3) is 5.91 Å². The van der Waals surface area contributed by atoms with E-state index in [1.54, 1.807) is 24.1 Å². The highest BCUT2D eigenvalue weighted by Gasteiger charge is 2.17. The van der Waals surface area contributed by atoms with Crippen molar-refractivity contribution in [2.75, 3.05) is 7.11 Å². The number of rotatable bonds is 4. The van der Waals surface area contributed by atoms with Crippen LogP contribution in [0, 0.1) is 0 Å². The van der Waals surface area contributed by atoms with Gasteiger partial charge in [0, 0.05) is 18.7 Å². The highest BCUT2D eigenvalue weighted by atomic mass is 16.5. The van der Waals surface area contributed by atoms with Crippen LogP contribution in [0.15, 0.2) is 36.5 Å². The minimum atomic E-state index is -0.130. The fraction of sp³-hybridized carbons (Fsp3) is 0.278. The molecule has 1 amide bonds. The van der Waals surface area contributed by atoms with Gasteiger partial charge in [0.15, 0.2) is 5.65 Å². The molecule has 2 heterocycles. The van der Waals surface area contributed by atoms with Gasteiger partial charge in [-0.05, 0) is 32.0 Å². The minimum Gasteiger partial charge on any atom is -0.497 e. The molecule has 0 spiro atoms. The van der Waals surface area contributed by atoms with E-state index in [-0.39, 0.29) is 11.9 Å². The largest absolute Gasteiger partial charge is 0.497 e. The zero-order chi connectivity index (χ0) is 17.3. The third-order valence-electron chi connectivity index (χ3n) is 3.73. The molecule has 1 N–H and O–H groups in total. The molecular formula is C18H20N4O2. The molecule has 0 atom stereocenters. The summed E-state index contributed by atoms with van der Waals surface area (Å²) in [5, 5.41) is 7.91. The van der Waals surface area contributed by atoms with Crippen LogP contribution < -0.4 is 10.1 Å². The lowest BCUT2D eigenvalue weighted by Crippen LogP contribution is -2.30. The molecule has 0 aliphatic rings. The fourth-order valence-corrected chi connectivity index (χ4v) is 2.57. The Morgan fingerprint density at radius 1 is 1.29 bits per heavy atom. The van der Waals surface area contributed by atoms with Crippen molar-refractivity contribution in [3.8, 4) is 17.0 Å². The molecule has 0 bridgehead atoms. The van der Waals surface area contributed by atoms with Crippen LogP contribution in [0.2, 0.25) is 0 Å². The van der Waals surface area contributed by atoms with Crippen LogP contribution in [0.3, 0.4) is 0 Å². The van der Waals surface area contributed by atoms with Crippen LogP contribution in [0.25, 0.3) is 22.3 Å². The maximum atomic E-state index is 12.6. The Bertz CT molecular complexity index is 899. The van der Waals surface area contributed by atoms with Gasteiger partial charge in [0.1, 0.15) is 5.75 Å². The number of carbonyl (C=O) groups excluding carboxylic acids is 1. The summed E-state index contributed by atoms with van der Waals surface area (Å²) in [6.07, 6.45) is 1.67. The van der Waals surface area contributed by atoms with E-state index in [0.717, 1.165) is 16.7 Å². The lowest BCUT2D eigenvalue weighted by atomic mass is 10.1. The highest BCUT2D eigenvalue weighted by molar-refractivity contribution is 6.06. The third-order valence-corrected chi connectivity index (χ3v) is 3.73. The summed E-state index contributed by atoms with van der Waals surface area (Å²) in [6, 6.07) is 9.47. The lowest BCUT2D eigenvalue weighted by Gasteiger charge is -2.11. The number of nitrogens with one attached hydrogen (secondary N) is 1. The van der Waals surface area contributed by atoms with Crippen molar-refractivity contribution in [2.45, 2.75) is 19.9 Å². The van der Waals surface area contributed by atoms with Gasteiger partial charge in [-0.25, -0.2) is 4.98 Å². The molecule has 0 saturated carbocycles. The van der Waals surface area contributed by atoms with Crippen molar-refractivity contribution in [2.24, 2.45) is 7.05 Å². The number of nitrogens with zero attached hydrogens (tertiary/aromatic N) is 3. The van der Waals surface area contributed by atoms with Crippen molar-refractivity contribution in [3.63, 3.8) is 0 Å². The number of aryl methyl sites for hydroxylation is 1.